The second-order valence-electron chi connectivity index (χ2n) is 5.36. The van der Waals surface area contributed by atoms with Crippen LogP contribution in [0.25, 0.3) is 0 Å². The van der Waals surface area contributed by atoms with Gasteiger partial charge < -0.3 is 5.11 Å². The smallest absolute Gasteiger partial charge is 0.138 e. The quantitative estimate of drug-likeness (QED) is 0.924. The first-order chi connectivity index (χ1) is 9.44. The summed E-state index contributed by atoms with van der Waals surface area (Å²) in [6.07, 6.45) is 1.84. The Hall–Kier alpha value is -2.19. The van der Waals surface area contributed by atoms with Gasteiger partial charge in [-0.25, -0.2) is 9.67 Å². The van der Waals surface area contributed by atoms with E-state index in [4.69, 9.17) is 5.26 Å². The standard InChI is InChI=1S/C15H18N4O/c1-11(2)19-14(17-10-18-19)8-15(3,20)13-6-4-5-12(7-13)9-16/h4-7,10-11,20H,8H2,1-3H3. The minimum Gasteiger partial charge on any atom is -0.385 e. The number of benzene rings is 1. The lowest BCUT2D eigenvalue weighted by Crippen LogP contribution is -2.27. The van der Waals surface area contributed by atoms with E-state index >= 15 is 0 Å². The zero-order chi connectivity index (χ0) is 14.8. The molecule has 1 unspecified atom stereocenters. The molecule has 0 aliphatic heterocycles. The molecule has 0 radical (unpaired) electrons. The lowest BCUT2D eigenvalue weighted by atomic mass is 9.91. The molecule has 5 heteroatoms. The fourth-order valence-electron chi connectivity index (χ4n) is 2.17. The molecule has 104 valence electrons. The van der Waals surface area contributed by atoms with E-state index in [1.54, 1.807) is 29.8 Å². The summed E-state index contributed by atoms with van der Waals surface area (Å²) < 4.78 is 1.79. The molecule has 2 rings (SSSR count). The lowest BCUT2D eigenvalue weighted by molar-refractivity contribution is 0.0539. The average Bonchev–Trinajstić information content (AvgIpc) is 2.86. The molecule has 5 nitrogen and oxygen atoms in total. The van der Waals surface area contributed by atoms with E-state index in [1.165, 1.54) is 6.33 Å². The molecule has 0 aliphatic rings. The maximum atomic E-state index is 10.7. The molecule has 0 saturated heterocycles. The highest BCUT2D eigenvalue weighted by Crippen LogP contribution is 2.25. The maximum absolute atomic E-state index is 10.7. The van der Waals surface area contributed by atoms with E-state index in [-0.39, 0.29) is 6.04 Å². The molecule has 0 saturated carbocycles. The van der Waals surface area contributed by atoms with Crippen molar-refractivity contribution in [2.45, 2.75) is 38.8 Å². The van der Waals surface area contributed by atoms with Gasteiger partial charge in [-0.1, -0.05) is 12.1 Å². The molecule has 2 aromatic rings. The molecule has 0 fully saturated rings. The first-order valence-electron chi connectivity index (χ1n) is 6.55. The summed E-state index contributed by atoms with van der Waals surface area (Å²) in [5, 5.41) is 23.8. The molecule has 1 atom stereocenters. The molecule has 1 aromatic carbocycles. The molecular weight excluding hydrogens is 252 g/mol. The van der Waals surface area contributed by atoms with E-state index in [0.29, 0.717) is 17.5 Å². The SMILES string of the molecule is CC(C)n1ncnc1CC(C)(O)c1cccc(C#N)c1. The molecule has 0 aliphatic carbocycles. The summed E-state index contributed by atoms with van der Waals surface area (Å²) in [5.41, 5.74) is 0.148. The summed E-state index contributed by atoms with van der Waals surface area (Å²) >= 11 is 0. The predicted molar refractivity (Wildman–Crippen MR) is 74.8 cm³/mol. The summed E-state index contributed by atoms with van der Waals surface area (Å²) in [5.74, 6) is 0.729. The molecule has 1 heterocycles. The van der Waals surface area contributed by atoms with Crippen LogP contribution in [0.3, 0.4) is 0 Å². The molecule has 20 heavy (non-hydrogen) atoms. The van der Waals surface area contributed by atoms with Crippen molar-refractivity contribution in [3.05, 3.63) is 47.5 Å². The van der Waals surface area contributed by atoms with Gasteiger partial charge in [0, 0.05) is 12.5 Å². The highest BCUT2D eigenvalue weighted by Gasteiger charge is 2.26. The van der Waals surface area contributed by atoms with Crippen molar-refractivity contribution in [3.63, 3.8) is 0 Å². The normalized spacial score (nSPS) is 14.0. The highest BCUT2D eigenvalue weighted by molar-refractivity contribution is 5.35. The van der Waals surface area contributed by atoms with Crippen molar-refractivity contribution < 1.29 is 5.11 Å². The zero-order valence-electron chi connectivity index (χ0n) is 11.9. The van der Waals surface area contributed by atoms with Gasteiger partial charge in [0.2, 0.25) is 0 Å². The van der Waals surface area contributed by atoms with Gasteiger partial charge >= 0.3 is 0 Å². The van der Waals surface area contributed by atoms with Gasteiger partial charge in [-0.05, 0) is 38.5 Å². The van der Waals surface area contributed by atoms with E-state index in [1.807, 2.05) is 19.9 Å². The number of rotatable bonds is 4. The zero-order valence-corrected chi connectivity index (χ0v) is 11.9. The summed E-state index contributed by atoms with van der Waals surface area (Å²) in [6, 6.07) is 9.28. The van der Waals surface area contributed by atoms with Gasteiger partial charge in [-0.15, -0.1) is 0 Å². The number of aromatic nitrogens is 3. The Morgan fingerprint density at radius 3 is 2.85 bits per heavy atom. The van der Waals surface area contributed by atoms with Crippen LogP contribution in [-0.2, 0) is 12.0 Å². The molecule has 0 amide bonds. The van der Waals surface area contributed by atoms with Crippen molar-refractivity contribution >= 4 is 0 Å². The second-order valence-corrected chi connectivity index (χ2v) is 5.36. The first-order valence-corrected chi connectivity index (χ1v) is 6.55. The number of nitrogens with zero attached hydrogens (tertiary/aromatic N) is 4. The van der Waals surface area contributed by atoms with E-state index in [0.717, 1.165) is 5.82 Å². The van der Waals surface area contributed by atoms with Gasteiger partial charge in [0.15, 0.2) is 0 Å². The molecule has 1 N–H and O–H groups in total. The van der Waals surface area contributed by atoms with Crippen molar-refractivity contribution in [2.24, 2.45) is 0 Å². The second kappa shape index (κ2) is 5.43. The van der Waals surface area contributed by atoms with Crippen LogP contribution < -0.4 is 0 Å². The van der Waals surface area contributed by atoms with E-state index < -0.39 is 5.60 Å². The van der Waals surface area contributed by atoms with Crippen molar-refractivity contribution in [3.8, 4) is 6.07 Å². The van der Waals surface area contributed by atoms with Crippen molar-refractivity contribution in [2.75, 3.05) is 0 Å². The molecule has 0 bridgehead atoms. The van der Waals surface area contributed by atoms with Crippen molar-refractivity contribution in [1.82, 2.24) is 14.8 Å². The molecule has 1 aromatic heterocycles. The Kier molecular flexibility index (Phi) is 3.86. The third-order valence-electron chi connectivity index (χ3n) is 3.25. The monoisotopic (exact) mass is 270 g/mol. The van der Waals surface area contributed by atoms with E-state index in [9.17, 15) is 5.11 Å². The Morgan fingerprint density at radius 2 is 2.20 bits per heavy atom. The summed E-state index contributed by atoms with van der Waals surface area (Å²) in [4.78, 5) is 4.22. The van der Waals surface area contributed by atoms with Gasteiger partial charge in [0.1, 0.15) is 12.2 Å². The fourth-order valence-corrected chi connectivity index (χ4v) is 2.17. The highest BCUT2D eigenvalue weighted by atomic mass is 16.3. The average molecular weight is 270 g/mol. The Bertz CT molecular complexity index is 637. The van der Waals surface area contributed by atoms with Crippen LogP contribution in [0.2, 0.25) is 0 Å². The lowest BCUT2D eigenvalue weighted by Gasteiger charge is -2.24. The van der Waals surface area contributed by atoms with Gasteiger partial charge in [-0.3, -0.25) is 0 Å². The Balaban J connectivity index is 2.30. The third kappa shape index (κ3) is 2.86. The largest absolute Gasteiger partial charge is 0.385 e. The topological polar surface area (TPSA) is 74.7 Å². The number of nitriles is 1. The van der Waals surface area contributed by atoms with Crippen LogP contribution in [0.4, 0.5) is 0 Å². The van der Waals surface area contributed by atoms with Crippen LogP contribution >= 0.6 is 0 Å². The van der Waals surface area contributed by atoms with E-state index in [2.05, 4.69) is 16.2 Å². The van der Waals surface area contributed by atoms with Crippen LogP contribution in [0.15, 0.2) is 30.6 Å². The summed E-state index contributed by atoms with van der Waals surface area (Å²) in [7, 11) is 0. The minimum atomic E-state index is -1.09. The van der Waals surface area contributed by atoms with Gasteiger partial charge in [0.05, 0.1) is 17.2 Å². The van der Waals surface area contributed by atoms with Crippen LogP contribution in [0.1, 0.15) is 43.8 Å². The minimum absolute atomic E-state index is 0.189. The molecular formula is C15H18N4O. The number of aliphatic hydroxyl groups is 1. The van der Waals surface area contributed by atoms with Crippen LogP contribution in [0.5, 0.6) is 0 Å². The van der Waals surface area contributed by atoms with Gasteiger partial charge in [-0.2, -0.15) is 10.4 Å². The molecule has 0 spiro atoms. The Labute approximate surface area is 118 Å². The number of hydrogen-bond acceptors (Lipinski definition) is 4. The first kappa shape index (κ1) is 14.2. The third-order valence-corrected chi connectivity index (χ3v) is 3.25. The summed E-state index contributed by atoms with van der Waals surface area (Å²) in [6.45, 7) is 5.76. The van der Waals surface area contributed by atoms with Gasteiger partial charge in [0.25, 0.3) is 0 Å². The predicted octanol–water partition coefficient (Wildman–Crippen LogP) is 2.18. The van der Waals surface area contributed by atoms with Crippen molar-refractivity contribution in [1.29, 1.82) is 5.26 Å². The maximum Gasteiger partial charge on any atom is 0.138 e. The Morgan fingerprint density at radius 1 is 1.45 bits per heavy atom. The van der Waals surface area contributed by atoms with Crippen LogP contribution in [-0.4, -0.2) is 19.9 Å². The fraction of sp³-hybridized carbons (Fsp3) is 0.400. The van der Waals surface area contributed by atoms with Crippen LogP contribution in [0, 0.1) is 11.3 Å². The number of hydrogen-bond donors (Lipinski definition) is 1.